The van der Waals surface area contributed by atoms with Crippen LogP contribution < -0.4 is 10.6 Å². The van der Waals surface area contributed by atoms with Crippen molar-refractivity contribution in [3.63, 3.8) is 0 Å². The van der Waals surface area contributed by atoms with Gasteiger partial charge in [0.2, 0.25) is 0 Å². The van der Waals surface area contributed by atoms with E-state index in [0.29, 0.717) is 10.6 Å². The van der Waals surface area contributed by atoms with Gasteiger partial charge in [-0.1, -0.05) is 11.6 Å². The van der Waals surface area contributed by atoms with Gasteiger partial charge in [-0.15, -0.1) is 0 Å². The van der Waals surface area contributed by atoms with E-state index < -0.39 is 18.0 Å². The zero-order valence-electron chi connectivity index (χ0n) is 9.11. The molecule has 0 aliphatic carbocycles. The lowest BCUT2D eigenvalue weighted by Gasteiger charge is -2.11. The van der Waals surface area contributed by atoms with Gasteiger partial charge in [0.05, 0.1) is 5.02 Å². The Bertz CT molecular complexity index is 425. The standard InChI is InChI=1S/C10H12ClN3O3/c1-6(9(15)16)14-10(17)13-4-7-2-3-12-5-8(7)11/h2-3,5-6H,4H2,1H3,(H,15,16)(H2,13,14,17). The van der Waals surface area contributed by atoms with Gasteiger partial charge in [0.15, 0.2) is 0 Å². The first-order valence-corrected chi connectivity index (χ1v) is 5.24. The number of carbonyl (C=O) groups excluding carboxylic acids is 1. The van der Waals surface area contributed by atoms with Crippen LogP contribution in [0.5, 0.6) is 0 Å². The van der Waals surface area contributed by atoms with E-state index in [4.69, 9.17) is 16.7 Å². The first-order chi connectivity index (χ1) is 8.00. The van der Waals surface area contributed by atoms with Gasteiger partial charge in [-0.05, 0) is 18.6 Å². The molecule has 0 saturated heterocycles. The number of carboxylic acid groups (broad SMARTS) is 1. The van der Waals surface area contributed by atoms with E-state index in [1.807, 2.05) is 0 Å². The molecule has 1 aromatic heterocycles. The quantitative estimate of drug-likeness (QED) is 0.751. The molecule has 0 aliphatic rings. The number of pyridine rings is 1. The third-order valence-corrected chi connectivity index (χ3v) is 2.35. The van der Waals surface area contributed by atoms with Gasteiger partial charge in [0.1, 0.15) is 6.04 Å². The van der Waals surface area contributed by atoms with Crippen molar-refractivity contribution in [3.8, 4) is 0 Å². The molecule has 1 aromatic rings. The Hall–Kier alpha value is -1.82. The highest BCUT2D eigenvalue weighted by atomic mass is 35.5. The first kappa shape index (κ1) is 13.2. The monoisotopic (exact) mass is 257 g/mol. The van der Waals surface area contributed by atoms with Crippen LogP contribution in [0.2, 0.25) is 5.02 Å². The minimum Gasteiger partial charge on any atom is -0.480 e. The maximum absolute atomic E-state index is 11.3. The minimum absolute atomic E-state index is 0.208. The van der Waals surface area contributed by atoms with Crippen LogP contribution in [-0.4, -0.2) is 28.1 Å². The Morgan fingerprint density at radius 2 is 2.29 bits per heavy atom. The van der Waals surface area contributed by atoms with Gasteiger partial charge in [-0.3, -0.25) is 9.78 Å². The SMILES string of the molecule is CC(NC(=O)NCc1ccncc1Cl)C(=O)O. The van der Waals surface area contributed by atoms with E-state index in [0.717, 1.165) is 0 Å². The van der Waals surface area contributed by atoms with Gasteiger partial charge in [-0.2, -0.15) is 0 Å². The average molecular weight is 258 g/mol. The maximum atomic E-state index is 11.3. The summed E-state index contributed by atoms with van der Waals surface area (Å²) in [6.07, 6.45) is 3.02. The number of amides is 2. The molecule has 0 aromatic carbocycles. The van der Waals surface area contributed by atoms with E-state index in [1.165, 1.54) is 13.1 Å². The molecular formula is C10H12ClN3O3. The molecule has 0 bridgehead atoms. The number of carboxylic acids is 1. The average Bonchev–Trinajstić information content (AvgIpc) is 2.27. The molecule has 1 unspecified atom stereocenters. The number of nitrogens with zero attached hydrogens (tertiary/aromatic N) is 1. The molecule has 0 saturated carbocycles. The summed E-state index contributed by atoms with van der Waals surface area (Å²) in [5, 5.41) is 13.8. The van der Waals surface area contributed by atoms with Crippen molar-refractivity contribution in [1.29, 1.82) is 0 Å². The van der Waals surface area contributed by atoms with Crippen molar-refractivity contribution in [2.75, 3.05) is 0 Å². The van der Waals surface area contributed by atoms with Crippen molar-refractivity contribution < 1.29 is 14.7 Å². The Kier molecular flexibility index (Phi) is 4.71. The van der Waals surface area contributed by atoms with Crippen molar-refractivity contribution >= 4 is 23.6 Å². The van der Waals surface area contributed by atoms with E-state index in [-0.39, 0.29) is 6.54 Å². The maximum Gasteiger partial charge on any atom is 0.325 e. The molecule has 1 atom stereocenters. The fourth-order valence-electron chi connectivity index (χ4n) is 1.03. The summed E-state index contributed by atoms with van der Waals surface area (Å²) < 4.78 is 0. The van der Waals surface area contributed by atoms with Crippen molar-refractivity contribution in [2.45, 2.75) is 19.5 Å². The number of aliphatic carboxylic acids is 1. The number of hydrogen-bond acceptors (Lipinski definition) is 3. The first-order valence-electron chi connectivity index (χ1n) is 4.86. The van der Waals surface area contributed by atoms with Crippen LogP contribution in [0, 0.1) is 0 Å². The number of nitrogens with one attached hydrogen (secondary N) is 2. The van der Waals surface area contributed by atoms with Gasteiger partial charge in [0.25, 0.3) is 0 Å². The lowest BCUT2D eigenvalue weighted by atomic mass is 10.3. The molecule has 0 fully saturated rings. The van der Waals surface area contributed by atoms with E-state index in [1.54, 1.807) is 12.3 Å². The van der Waals surface area contributed by atoms with Crippen LogP contribution in [0.1, 0.15) is 12.5 Å². The second-order valence-corrected chi connectivity index (χ2v) is 3.76. The third-order valence-electron chi connectivity index (χ3n) is 2.01. The Morgan fingerprint density at radius 1 is 1.59 bits per heavy atom. The number of hydrogen-bond donors (Lipinski definition) is 3. The van der Waals surface area contributed by atoms with Crippen LogP contribution in [0.25, 0.3) is 0 Å². The molecule has 0 radical (unpaired) electrons. The molecule has 92 valence electrons. The van der Waals surface area contributed by atoms with Crippen LogP contribution in [0.15, 0.2) is 18.5 Å². The van der Waals surface area contributed by atoms with Gasteiger partial charge in [0, 0.05) is 18.9 Å². The fourth-order valence-corrected chi connectivity index (χ4v) is 1.22. The van der Waals surface area contributed by atoms with Gasteiger partial charge < -0.3 is 15.7 Å². The molecule has 1 heterocycles. The zero-order chi connectivity index (χ0) is 12.8. The largest absolute Gasteiger partial charge is 0.480 e. The number of urea groups is 1. The van der Waals surface area contributed by atoms with E-state index in [2.05, 4.69) is 15.6 Å². The van der Waals surface area contributed by atoms with Crippen LogP contribution in [-0.2, 0) is 11.3 Å². The van der Waals surface area contributed by atoms with Crippen LogP contribution in [0.4, 0.5) is 4.79 Å². The van der Waals surface area contributed by atoms with Crippen molar-refractivity contribution in [3.05, 3.63) is 29.0 Å². The van der Waals surface area contributed by atoms with E-state index in [9.17, 15) is 9.59 Å². The predicted octanol–water partition coefficient (Wildman–Crippen LogP) is 1.01. The van der Waals surface area contributed by atoms with Crippen molar-refractivity contribution in [1.82, 2.24) is 15.6 Å². The molecular weight excluding hydrogens is 246 g/mol. The summed E-state index contributed by atoms with van der Waals surface area (Å²) in [7, 11) is 0. The van der Waals surface area contributed by atoms with Gasteiger partial charge in [-0.25, -0.2) is 4.79 Å². The summed E-state index contributed by atoms with van der Waals surface area (Å²) in [5.74, 6) is -1.10. The number of aromatic nitrogens is 1. The fraction of sp³-hybridized carbons (Fsp3) is 0.300. The highest BCUT2D eigenvalue weighted by Crippen LogP contribution is 2.12. The smallest absolute Gasteiger partial charge is 0.325 e. The Morgan fingerprint density at radius 3 is 2.88 bits per heavy atom. The normalized spacial score (nSPS) is 11.6. The topological polar surface area (TPSA) is 91.3 Å². The van der Waals surface area contributed by atoms with Crippen LogP contribution >= 0.6 is 11.6 Å². The molecule has 17 heavy (non-hydrogen) atoms. The predicted molar refractivity (Wildman–Crippen MR) is 61.7 cm³/mol. The molecule has 2 amide bonds. The minimum atomic E-state index is -1.10. The molecule has 3 N–H and O–H groups in total. The number of carbonyl (C=O) groups is 2. The molecule has 0 aliphatic heterocycles. The molecule has 1 rings (SSSR count). The van der Waals surface area contributed by atoms with Crippen molar-refractivity contribution in [2.24, 2.45) is 0 Å². The lowest BCUT2D eigenvalue weighted by molar-refractivity contribution is -0.138. The summed E-state index contributed by atoms with van der Waals surface area (Å²) in [4.78, 5) is 25.6. The Balaban J connectivity index is 2.44. The summed E-state index contributed by atoms with van der Waals surface area (Å²) in [6, 6.07) is 0.166. The summed E-state index contributed by atoms with van der Waals surface area (Å²) in [6.45, 7) is 1.58. The molecule has 6 nitrogen and oxygen atoms in total. The number of rotatable bonds is 4. The van der Waals surface area contributed by atoms with E-state index >= 15 is 0 Å². The highest BCUT2D eigenvalue weighted by molar-refractivity contribution is 6.31. The van der Waals surface area contributed by atoms with Gasteiger partial charge >= 0.3 is 12.0 Å². The number of halogens is 1. The second kappa shape index (κ2) is 6.05. The lowest BCUT2D eigenvalue weighted by Crippen LogP contribution is -2.44. The molecule has 7 heteroatoms. The molecule has 0 spiro atoms. The summed E-state index contributed by atoms with van der Waals surface area (Å²) >= 11 is 5.84. The Labute approximate surface area is 103 Å². The third kappa shape index (κ3) is 4.28. The van der Waals surface area contributed by atoms with Crippen LogP contribution in [0.3, 0.4) is 0 Å². The summed E-state index contributed by atoms with van der Waals surface area (Å²) in [5.41, 5.74) is 0.708. The second-order valence-electron chi connectivity index (χ2n) is 3.35. The zero-order valence-corrected chi connectivity index (χ0v) is 9.86. The highest BCUT2D eigenvalue weighted by Gasteiger charge is 2.13.